The molecule has 1 aromatic carbocycles. The highest BCUT2D eigenvalue weighted by molar-refractivity contribution is 7.21. The molecule has 23 heavy (non-hydrogen) atoms. The smallest absolute Gasteiger partial charge is 0.310 e. The molecule has 0 fully saturated rings. The van der Waals surface area contributed by atoms with Gasteiger partial charge in [-0.1, -0.05) is 6.07 Å². The minimum Gasteiger partial charge on any atom is -0.481 e. The molecule has 0 unspecified atom stereocenters. The van der Waals surface area contributed by atoms with Gasteiger partial charge < -0.3 is 15.2 Å². The average Bonchev–Trinajstić information content (AvgIpc) is 2.85. The molecule has 7 heteroatoms. The molecule has 2 aromatic rings. The Balaban J connectivity index is 2.35. The number of carbonyl (C=O) groups excluding carboxylic acids is 1. The third-order valence-electron chi connectivity index (χ3n) is 3.53. The number of amides is 1. The fraction of sp³-hybridized carbons (Fsp3) is 0.375. The van der Waals surface area contributed by atoms with E-state index in [2.05, 4.69) is 5.32 Å². The van der Waals surface area contributed by atoms with E-state index in [4.69, 9.17) is 9.84 Å². The first kappa shape index (κ1) is 17.4. The maximum atomic E-state index is 14.1. The van der Waals surface area contributed by atoms with Gasteiger partial charge in [0.2, 0.25) is 0 Å². The second-order valence-corrected chi connectivity index (χ2v) is 6.88. The van der Waals surface area contributed by atoms with Gasteiger partial charge in [-0.15, -0.1) is 11.3 Å². The van der Waals surface area contributed by atoms with E-state index in [0.29, 0.717) is 20.5 Å². The van der Waals surface area contributed by atoms with Gasteiger partial charge in [0.05, 0.1) is 16.9 Å². The summed E-state index contributed by atoms with van der Waals surface area (Å²) in [7, 11) is 1.47. The summed E-state index contributed by atoms with van der Waals surface area (Å²) in [4.78, 5) is 23.9. The number of hydrogen-bond acceptors (Lipinski definition) is 4. The van der Waals surface area contributed by atoms with Gasteiger partial charge in [-0.2, -0.15) is 0 Å². The number of carboxylic acids is 1. The van der Waals surface area contributed by atoms with E-state index in [1.807, 2.05) is 0 Å². The molecule has 5 nitrogen and oxygen atoms in total. The molecule has 124 valence electrons. The van der Waals surface area contributed by atoms with E-state index < -0.39 is 23.1 Å². The van der Waals surface area contributed by atoms with Crippen molar-refractivity contribution in [1.29, 1.82) is 0 Å². The predicted octanol–water partition coefficient (Wildman–Crippen LogP) is 3.03. The van der Waals surface area contributed by atoms with Crippen LogP contribution in [0.3, 0.4) is 0 Å². The topological polar surface area (TPSA) is 75.6 Å². The van der Waals surface area contributed by atoms with Gasteiger partial charge in [0.15, 0.2) is 0 Å². The SMILES string of the molecule is COCc1c(C(=O)NCC(C)(C)C(=O)O)sc2cccc(F)c12. The van der Waals surface area contributed by atoms with E-state index in [0.717, 1.165) is 0 Å². The Kier molecular flexibility index (Phi) is 5.01. The number of halogens is 1. The lowest BCUT2D eigenvalue weighted by molar-refractivity contribution is -0.146. The maximum Gasteiger partial charge on any atom is 0.310 e. The Labute approximate surface area is 137 Å². The molecule has 0 spiro atoms. The van der Waals surface area contributed by atoms with E-state index >= 15 is 0 Å². The quantitative estimate of drug-likeness (QED) is 0.848. The number of hydrogen-bond donors (Lipinski definition) is 2. The zero-order valence-electron chi connectivity index (χ0n) is 13.1. The number of ether oxygens (including phenoxy) is 1. The summed E-state index contributed by atoms with van der Waals surface area (Å²) < 4.78 is 19.8. The Morgan fingerprint density at radius 2 is 2.09 bits per heavy atom. The van der Waals surface area contributed by atoms with Gasteiger partial charge in [0, 0.05) is 29.3 Å². The van der Waals surface area contributed by atoms with Crippen LogP contribution in [0.4, 0.5) is 4.39 Å². The molecule has 2 rings (SSSR count). The standard InChI is InChI=1S/C16H18FNO4S/c1-16(2,15(20)21)8-18-14(19)13-9(7-22-3)12-10(17)5-4-6-11(12)23-13/h4-6H,7-8H2,1-3H3,(H,18,19)(H,20,21). The van der Waals surface area contributed by atoms with Crippen molar-refractivity contribution < 1.29 is 23.8 Å². The minimum absolute atomic E-state index is 0.0235. The number of methoxy groups -OCH3 is 1. The summed E-state index contributed by atoms with van der Waals surface area (Å²) in [6.07, 6.45) is 0. The lowest BCUT2D eigenvalue weighted by Gasteiger charge is -2.19. The highest BCUT2D eigenvalue weighted by atomic mass is 32.1. The van der Waals surface area contributed by atoms with Crippen LogP contribution >= 0.6 is 11.3 Å². The van der Waals surface area contributed by atoms with Crippen LogP contribution in [0, 0.1) is 11.2 Å². The first-order valence-corrected chi connectivity index (χ1v) is 7.80. The number of nitrogens with one attached hydrogen (secondary N) is 1. The Hall–Kier alpha value is -1.99. The van der Waals surface area contributed by atoms with Crippen molar-refractivity contribution in [2.45, 2.75) is 20.5 Å². The Morgan fingerprint density at radius 1 is 1.39 bits per heavy atom. The molecule has 0 bridgehead atoms. The van der Waals surface area contributed by atoms with Gasteiger partial charge in [-0.05, 0) is 26.0 Å². The predicted molar refractivity (Wildman–Crippen MR) is 86.2 cm³/mol. The molecule has 1 amide bonds. The van der Waals surface area contributed by atoms with Crippen molar-refractivity contribution >= 4 is 33.3 Å². The summed E-state index contributed by atoms with van der Waals surface area (Å²) >= 11 is 1.17. The zero-order chi connectivity index (χ0) is 17.2. The lowest BCUT2D eigenvalue weighted by atomic mass is 9.94. The lowest BCUT2D eigenvalue weighted by Crippen LogP contribution is -2.38. The number of rotatable bonds is 6. The monoisotopic (exact) mass is 339 g/mol. The zero-order valence-corrected chi connectivity index (χ0v) is 13.9. The van der Waals surface area contributed by atoms with Gasteiger partial charge >= 0.3 is 5.97 Å². The summed E-state index contributed by atoms with van der Waals surface area (Å²) in [5, 5.41) is 12.1. The second kappa shape index (κ2) is 6.64. The summed E-state index contributed by atoms with van der Waals surface area (Å²) in [5.41, 5.74) is -0.602. The molecule has 0 saturated heterocycles. The molecule has 1 aromatic heterocycles. The third kappa shape index (κ3) is 3.51. The van der Waals surface area contributed by atoms with E-state index in [1.54, 1.807) is 12.1 Å². The first-order chi connectivity index (χ1) is 10.8. The number of fused-ring (bicyclic) bond motifs is 1. The number of benzene rings is 1. The molecule has 0 atom stereocenters. The average molecular weight is 339 g/mol. The number of carbonyl (C=O) groups is 2. The third-order valence-corrected chi connectivity index (χ3v) is 4.72. The van der Waals surface area contributed by atoms with E-state index in [9.17, 15) is 14.0 Å². The van der Waals surface area contributed by atoms with Gasteiger partial charge in [-0.25, -0.2) is 4.39 Å². The minimum atomic E-state index is -1.08. The first-order valence-electron chi connectivity index (χ1n) is 6.98. The fourth-order valence-corrected chi connectivity index (χ4v) is 3.23. The van der Waals surface area contributed by atoms with Crippen LogP contribution in [-0.2, 0) is 16.1 Å². The fourth-order valence-electron chi connectivity index (χ4n) is 2.09. The van der Waals surface area contributed by atoms with E-state index in [1.165, 1.54) is 38.4 Å². The number of aliphatic carboxylic acids is 1. The highest BCUT2D eigenvalue weighted by Gasteiger charge is 2.29. The number of thiophene rings is 1. The van der Waals surface area contributed by atoms with Crippen LogP contribution in [0.5, 0.6) is 0 Å². The van der Waals surface area contributed by atoms with Crippen LogP contribution in [0.1, 0.15) is 29.1 Å². The van der Waals surface area contributed by atoms with Gasteiger partial charge in [0.25, 0.3) is 5.91 Å². The van der Waals surface area contributed by atoms with Gasteiger partial charge in [-0.3, -0.25) is 9.59 Å². The van der Waals surface area contributed by atoms with Crippen molar-refractivity contribution in [3.05, 3.63) is 34.5 Å². The van der Waals surface area contributed by atoms with Crippen molar-refractivity contribution in [2.75, 3.05) is 13.7 Å². The molecule has 2 N–H and O–H groups in total. The largest absolute Gasteiger partial charge is 0.481 e. The second-order valence-electron chi connectivity index (χ2n) is 5.83. The molecular weight excluding hydrogens is 321 g/mol. The molecule has 1 heterocycles. The van der Waals surface area contributed by atoms with Crippen molar-refractivity contribution in [3.63, 3.8) is 0 Å². The van der Waals surface area contributed by atoms with Crippen LogP contribution in [0.15, 0.2) is 18.2 Å². The van der Waals surface area contributed by atoms with E-state index in [-0.39, 0.29) is 13.2 Å². The van der Waals surface area contributed by atoms with Crippen molar-refractivity contribution in [3.8, 4) is 0 Å². The maximum absolute atomic E-state index is 14.1. The number of carboxylic acid groups (broad SMARTS) is 1. The molecule has 0 radical (unpaired) electrons. The highest BCUT2D eigenvalue weighted by Crippen LogP contribution is 2.33. The summed E-state index contributed by atoms with van der Waals surface area (Å²) in [6, 6.07) is 4.66. The van der Waals surface area contributed by atoms with Crippen molar-refractivity contribution in [1.82, 2.24) is 5.32 Å². The van der Waals surface area contributed by atoms with Crippen LogP contribution in [0.25, 0.3) is 10.1 Å². The van der Waals surface area contributed by atoms with Crippen LogP contribution in [-0.4, -0.2) is 30.6 Å². The summed E-state index contributed by atoms with van der Waals surface area (Å²) in [6.45, 7) is 3.13. The molecule has 0 aliphatic rings. The molecular formula is C16H18FNO4S. The Bertz CT molecular complexity index is 754. The normalized spacial score (nSPS) is 11.7. The van der Waals surface area contributed by atoms with Crippen molar-refractivity contribution in [2.24, 2.45) is 5.41 Å². The molecule has 0 saturated carbocycles. The van der Waals surface area contributed by atoms with Crippen LogP contribution < -0.4 is 5.32 Å². The van der Waals surface area contributed by atoms with Gasteiger partial charge in [0.1, 0.15) is 5.82 Å². The molecule has 0 aliphatic carbocycles. The Morgan fingerprint density at radius 3 is 2.70 bits per heavy atom. The van der Waals surface area contributed by atoms with Crippen LogP contribution in [0.2, 0.25) is 0 Å². The summed E-state index contributed by atoms with van der Waals surface area (Å²) in [5.74, 6) is -1.83. The molecule has 0 aliphatic heterocycles.